The van der Waals surface area contributed by atoms with E-state index in [0.29, 0.717) is 6.42 Å². The molecule has 1 N–H and O–H groups in total. The van der Waals surface area contributed by atoms with E-state index in [4.69, 9.17) is 14.6 Å². The first kappa shape index (κ1) is 24.7. The topological polar surface area (TPSA) is 93.6 Å². The maximum Gasteiger partial charge on any atom is 0.310 e. The Morgan fingerprint density at radius 2 is 1.79 bits per heavy atom. The average Bonchev–Trinajstić information content (AvgIpc) is 2.76. The predicted molar refractivity (Wildman–Crippen MR) is 127 cm³/mol. The van der Waals surface area contributed by atoms with Crippen molar-refractivity contribution in [3.8, 4) is 11.1 Å². The summed E-state index contributed by atoms with van der Waals surface area (Å²) in [5, 5.41) is 9.74. The summed E-state index contributed by atoms with van der Waals surface area (Å²) in [7, 11) is -2.13. The van der Waals surface area contributed by atoms with Crippen LogP contribution < -0.4 is 0 Å². The van der Waals surface area contributed by atoms with Crippen molar-refractivity contribution >= 4 is 30.0 Å². The van der Waals surface area contributed by atoms with Crippen LogP contribution in [-0.2, 0) is 25.1 Å². The standard InChI is InChI=1S/C25H27FNO5P/c1-16(2)25-21(12-13-33(31,32-3)15-19(28)14-23(29)30)24(17-8-10-18(26)11-9-17)20-6-4-5-7-22(20)27-25/h4-11,16H,12-15H2,1-3H3,(H,29,30). The second-order valence-electron chi connectivity index (χ2n) is 8.27. The molecule has 1 atom stereocenters. The molecule has 3 rings (SSSR count). The van der Waals surface area contributed by atoms with Gasteiger partial charge in [-0.3, -0.25) is 19.1 Å². The Hall–Kier alpha value is -2.89. The van der Waals surface area contributed by atoms with Crippen molar-refractivity contribution in [3.05, 3.63) is 65.6 Å². The Kier molecular flexibility index (Phi) is 7.77. The second-order valence-corrected chi connectivity index (χ2v) is 11.0. The number of pyridine rings is 1. The van der Waals surface area contributed by atoms with E-state index >= 15 is 0 Å². The minimum atomic E-state index is -3.41. The van der Waals surface area contributed by atoms with Crippen LogP contribution in [-0.4, -0.2) is 41.3 Å². The Morgan fingerprint density at radius 3 is 2.39 bits per heavy atom. The molecule has 0 radical (unpaired) electrons. The highest BCUT2D eigenvalue weighted by Crippen LogP contribution is 2.48. The van der Waals surface area contributed by atoms with Gasteiger partial charge < -0.3 is 9.63 Å². The molecule has 0 saturated carbocycles. The van der Waals surface area contributed by atoms with Crippen molar-refractivity contribution in [2.45, 2.75) is 32.6 Å². The van der Waals surface area contributed by atoms with Gasteiger partial charge in [-0.05, 0) is 47.2 Å². The minimum absolute atomic E-state index is 0.0550. The zero-order chi connectivity index (χ0) is 24.2. The predicted octanol–water partition coefficient (Wildman–Crippen LogP) is 5.68. The zero-order valence-electron chi connectivity index (χ0n) is 18.9. The largest absolute Gasteiger partial charge is 0.481 e. The highest BCUT2D eigenvalue weighted by Gasteiger charge is 2.28. The summed E-state index contributed by atoms with van der Waals surface area (Å²) in [6.07, 6.45) is -0.755. The van der Waals surface area contributed by atoms with E-state index in [1.54, 1.807) is 12.1 Å². The molecule has 0 spiro atoms. The number of para-hydroxylation sites is 1. The number of nitrogens with zero attached hydrogens (tertiary/aromatic N) is 1. The molecule has 3 aromatic rings. The highest BCUT2D eigenvalue weighted by molar-refractivity contribution is 7.59. The van der Waals surface area contributed by atoms with Gasteiger partial charge in [-0.1, -0.05) is 44.2 Å². The van der Waals surface area contributed by atoms with Gasteiger partial charge in [0.1, 0.15) is 12.2 Å². The van der Waals surface area contributed by atoms with E-state index in [-0.39, 0.29) is 17.9 Å². The van der Waals surface area contributed by atoms with E-state index in [0.717, 1.165) is 33.3 Å². The molecule has 0 aliphatic rings. The van der Waals surface area contributed by atoms with Crippen LogP contribution >= 0.6 is 7.37 Å². The molecule has 174 valence electrons. The Bertz CT molecular complexity index is 1220. The third-order valence-corrected chi connectivity index (χ3v) is 7.91. The Morgan fingerprint density at radius 1 is 1.12 bits per heavy atom. The zero-order valence-corrected chi connectivity index (χ0v) is 19.8. The van der Waals surface area contributed by atoms with Crippen LogP contribution in [0.2, 0.25) is 0 Å². The van der Waals surface area contributed by atoms with Crippen LogP contribution in [0.15, 0.2) is 48.5 Å². The van der Waals surface area contributed by atoms with Gasteiger partial charge in [0.25, 0.3) is 0 Å². The molecule has 33 heavy (non-hydrogen) atoms. The van der Waals surface area contributed by atoms with Gasteiger partial charge in [0.2, 0.25) is 7.37 Å². The number of rotatable bonds is 10. The average molecular weight is 471 g/mol. The lowest BCUT2D eigenvalue weighted by molar-refractivity contribution is -0.139. The van der Waals surface area contributed by atoms with Gasteiger partial charge in [-0.15, -0.1) is 0 Å². The summed E-state index contributed by atoms with van der Waals surface area (Å²) in [6, 6.07) is 13.9. The first-order valence-electron chi connectivity index (χ1n) is 10.7. The van der Waals surface area contributed by atoms with Crippen LogP contribution in [0.25, 0.3) is 22.0 Å². The minimum Gasteiger partial charge on any atom is -0.481 e. The molecule has 0 bridgehead atoms. The fourth-order valence-electron chi connectivity index (χ4n) is 3.96. The molecule has 8 heteroatoms. The quantitative estimate of drug-likeness (QED) is 0.302. The molecule has 2 aromatic carbocycles. The number of hydrogen-bond donors (Lipinski definition) is 1. The first-order chi connectivity index (χ1) is 15.6. The summed E-state index contributed by atoms with van der Waals surface area (Å²) in [6.45, 7) is 4.03. The normalized spacial score (nSPS) is 13.2. The van der Waals surface area contributed by atoms with E-state index in [2.05, 4.69) is 0 Å². The van der Waals surface area contributed by atoms with Gasteiger partial charge in [0.15, 0.2) is 5.78 Å². The number of carbonyl (C=O) groups excluding carboxylic acids is 1. The number of carbonyl (C=O) groups is 2. The van der Waals surface area contributed by atoms with Crippen molar-refractivity contribution in [3.63, 3.8) is 0 Å². The van der Waals surface area contributed by atoms with Gasteiger partial charge in [-0.25, -0.2) is 4.39 Å². The molecule has 1 unspecified atom stereocenters. The number of carboxylic acids is 1. The van der Waals surface area contributed by atoms with Gasteiger partial charge in [0.05, 0.1) is 11.7 Å². The van der Waals surface area contributed by atoms with Crippen molar-refractivity contribution in [2.75, 3.05) is 19.4 Å². The molecular formula is C25H27FNO5P. The monoisotopic (exact) mass is 471 g/mol. The number of Topliss-reactive ketones (excluding diaryl/α,β-unsaturated/α-hetero) is 1. The lowest BCUT2D eigenvalue weighted by Gasteiger charge is -2.22. The maximum atomic E-state index is 13.6. The van der Waals surface area contributed by atoms with E-state index in [9.17, 15) is 18.5 Å². The number of hydrogen-bond acceptors (Lipinski definition) is 5. The smallest absolute Gasteiger partial charge is 0.310 e. The first-order valence-corrected chi connectivity index (χ1v) is 12.7. The highest BCUT2D eigenvalue weighted by atomic mass is 31.2. The summed E-state index contributed by atoms with van der Waals surface area (Å²) < 4.78 is 32.2. The van der Waals surface area contributed by atoms with Gasteiger partial charge >= 0.3 is 5.97 Å². The van der Waals surface area contributed by atoms with Crippen LogP contribution in [0.3, 0.4) is 0 Å². The van der Waals surface area contributed by atoms with Gasteiger partial charge in [0, 0.05) is 24.4 Å². The summed E-state index contributed by atoms with van der Waals surface area (Å²) >= 11 is 0. The number of aliphatic carboxylic acids is 1. The van der Waals surface area contributed by atoms with Crippen molar-refractivity contribution in [1.82, 2.24) is 4.98 Å². The Balaban J connectivity index is 2.10. The van der Waals surface area contributed by atoms with Gasteiger partial charge in [-0.2, -0.15) is 0 Å². The molecule has 0 amide bonds. The summed E-state index contributed by atoms with van der Waals surface area (Å²) in [5.41, 5.74) is 4.17. The number of carboxylic acid groups (broad SMARTS) is 1. The molecule has 1 heterocycles. The molecule has 0 saturated heterocycles. The molecular weight excluding hydrogens is 444 g/mol. The van der Waals surface area contributed by atoms with Crippen LogP contribution in [0, 0.1) is 5.82 Å². The fraction of sp³-hybridized carbons (Fsp3) is 0.320. The van der Waals surface area contributed by atoms with Crippen LogP contribution in [0.4, 0.5) is 4.39 Å². The summed E-state index contributed by atoms with van der Waals surface area (Å²) in [5.74, 6) is -2.18. The van der Waals surface area contributed by atoms with E-state index in [1.807, 2.05) is 38.1 Å². The van der Waals surface area contributed by atoms with E-state index in [1.165, 1.54) is 19.2 Å². The third-order valence-electron chi connectivity index (χ3n) is 5.51. The van der Waals surface area contributed by atoms with Crippen molar-refractivity contribution < 1.29 is 28.2 Å². The maximum absolute atomic E-state index is 13.6. The second kappa shape index (κ2) is 10.4. The molecule has 0 fully saturated rings. The van der Waals surface area contributed by atoms with Crippen molar-refractivity contribution in [1.29, 1.82) is 0 Å². The number of aromatic nitrogens is 1. The molecule has 0 aliphatic carbocycles. The number of ketones is 1. The molecule has 1 aromatic heterocycles. The lowest BCUT2D eigenvalue weighted by Crippen LogP contribution is -2.15. The number of fused-ring (bicyclic) bond motifs is 1. The lowest BCUT2D eigenvalue weighted by atomic mass is 9.90. The van der Waals surface area contributed by atoms with Crippen LogP contribution in [0.5, 0.6) is 0 Å². The SMILES string of the molecule is COP(=O)(CCc1c(C(C)C)nc2ccccc2c1-c1ccc(F)cc1)CC(=O)CC(=O)O. The van der Waals surface area contributed by atoms with E-state index < -0.39 is 31.7 Å². The van der Waals surface area contributed by atoms with Crippen molar-refractivity contribution in [2.24, 2.45) is 0 Å². The molecule has 6 nitrogen and oxygen atoms in total. The Labute approximate surface area is 192 Å². The number of halogens is 1. The fourth-order valence-corrected chi connectivity index (χ4v) is 5.64. The van der Waals surface area contributed by atoms with Crippen LogP contribution in [0.1, 0.15) is 37.4 Å². The number of benzene rings is 2. The summed E-state index contributed by atoms with van der Waals surface area (Å²) in [4.78, 5) is 27.7. The molecule has 0 aliphatic heterocycles. The third kappa shape index (κ3) is 5.92.